The van der Waals surface area contributed by atoms with Crippen LogP contribution in [0.3, 0.4) is 0 Å². The van der Waals surface area contributed by atoms with Crippen molar-refractivity contribution >= 4 is 5.95 Å². The van der Waals surface area contributed by atoms with Crippen molar-refractivity contribution in [2.75, 3.05) is 31.7 Å². The second-order valence-corrected chi connectivity index (χ2v) is 9.15. The highest BCUT2D eigenvalue weighted by Gasteiger charge is 2.44. The summed E-state index contributed by atoms with van der Waals surface area (Å²) in [5.74, 6) is 2.83. The standard InChI is InChI=1S/C22H32N6O2/c1-3-15-8-23-22(24-9-15)27-10-17-6-20(28-12-19(14-29-2)25-26-28)21(7-18(17)11-27)30-13-16-4-5-16/h8-9,12,16-18,20-21H,3-7,10-11,13-14H2,1-2H3/t17-,18+,20-,21-/m1/s1. The number of nitrogens with zero attached hydrogens (tertiary/aromatic N) is 6. The second kappa shape index (κ2) is 8.59. The first-order chi connectivity index (χ1) is 14.7. The molecule has 30 heavy (non-hydrogen) atoms. The van der Waals surface area contributed by atoms with Gasteiger partial charge in [-0.2, -0.15) is 0 Å². The fourth-order valence-corrected chi connectivity index (χ4v) is 4.94. The van der Waals surface area contributed by atoms with E-state index in [2.05, 4.69) is 32.1 Å². The molecule has 0 amide bonds. The Morgan fingerprint density at radius 3 is 2.57 bits per heavy atom. The molecule has 3 fully saturated rings. The summed E-state index contributed by atoms with van der Waals surface area (Å²) in [6.45, 7) is 5.52. The highest BCUT2D eigenvalue weighted by molar-refractivity contribution is 5.33. The lowest BCUT2D eigenvalue weighted by Crippen LogP contribution is -2.38. The molecule has 162 valence electrons. The van der Waals surface area contributed by atoms with E-state index in [9.17, 15) is 0 Å². The van der Waals surface area contributed by atoms with Crippen molar-refractivity contribution in [2.24, 2.45) is 17.8 Å². The topological polar surface area (TPSA) is 78.2 Å². The second-order valence-electron chi connectivity index (χ2n) is 9.15. The molecule has 0 bridgehead atoms. The SMILES string of the molecule is CCc1cnc(N2C[C@H]3C[C@@H](n4cc(COC)nn4)[C@H](OCC4CC4)C[C@H]3C2)nc1. The van der Waals surface area contributed by atoms with Crippen LogP contribution in [0.25, 0.3) is 0 Å². The number of aryl methyl sites for hydroxylation is 1. The molecule has 5 rings (SSSR count). The number of fused-ring (bicyclic) bond motifs is 1. The van der Waals surface area contributed by atoms with E-state index in [-0.39, 0.29) is 12.1 Å². The smallest absolute Gasteiger partial charge is 0.225 e. The summed E-state index contributed by atoms with van der Waals surface area (Å²) in [7, 11) is 1.69. The molecule has 2 saturated carbocycles. The van der Waals surface area contributed by atoms with Gasteiger partial charge < -0.3 is 14.4 Å². The third kappa shape index (κ3) is 4.21. The third-order valence-corrected chi connectivity index (χ3v) is 6.90. The Morgan fingerprint density at radius 1 is 1.10 bits per heavy atom. The van der Waals surface area contributed by atoms with Gasteiger partial charge in [-0.25, -0.2) is 14.6 Å². The lowest BCUT2D eigenvalue weighted by atomic mass is 9.77. The number of anilines is 1. The first-order valence-electron chi connectivity index (χ1n) is 11.3. The van der Waals surface area contributed by atoms with Crippen LogP contribution < -0.4 is 4.90 Å². The predicted octanol–water partition coefficient (Wildman–Crippen LogP) is 2.66. The summed E-state index contributed by atoms with van der Waals surface area (Å²) in [5.41, 5.74) is 2.06. The van der Waals surface area contributed by atoms with Crippen molar-refractivity contribution in [3.63, 3.8) is 0 Å². The maximum atomic E-state index is 6.45. The summed E-state index contributed by atoms with van der Waals surface area (Å²) < 4.78 is 13.7. The maximum absolute atomic E-state index is 6.45. The van der Waals surface area contributed by atoms with Crippen LogP contribution in [0.1, 0.15) is 49.9 Å². The number of hydrogen-bond acceptors (Lipinski definition) is 7. The zero-order valence-corrected chi connectivity index (χ0v) is 18.0. The highest BCUT2D eigenvalue weighted by atomic mass is 16.5. The van der Waals surface area contributed by atoms with Gasteiger partial charge in [0.05, 0.1) is 24.9 Å². The summed E-state index contributed by atoms with van der Waals surface area (Å²) in [6.07, 6.45) is 11.8. The molecule has 0 spiro atoms. The van der Waals surface area contributed by atoms with Crippen molar-refractivity contribution in [2.45, 2.75) is 57.8 Å². The molecule has 0 aromatic carbocycles. The Kier molecular flexibility index (Phi) is 5.69. The Morgan fingerprint density at radius 2 is 1.87 bits per heavy atom. The first-order valence-corrected chi connectivity index (χ1v) is 11.3. The van der Waals surface area contributed by atoms with E-state index in [0.29, 0.717) is 18.4 Å². The zero-order chi connectivity index (χ0) is 20.5. The van der Waals surface area contributed by atoms with Crippen LogP contribution in [0, 0.1) is 17.8 Å². The lowest BCUT2D eigenvalue weighted by Gasteiger charge is -2.37. The normalized spacial score (nSPS) is 28.7. The van der Waals surface area contributed by atoms with Crippen molar-refractivity contribution in [3.05, 3.63) is 29.8 Å². The van der Waals surface area contributed by atoms with Gasteiger partial charge in [0.15, 0.2) is 0 Å². The van der Waals surface area contributed by atoms with Crippen LogP contribution in [0.15, 0.2) is 18.6 Å². The van der Waals surface area contributed by atoms with Gasteiger partial charge in [0.25, 0.3) is 0 Å². The Labute approximate surface area is 178 Å². The van der Waals surface area contributed by atoms with Crippen LogP contribution in [-0.2, 0) is 22.5 Å². The Balaban J connectivity index is 1.31. The summed E-state index contributed by atoms with van der Waals surface area (Å²) in [6, 6.07) is 0.228. The largest absolute Gasteiger partial charge is 0.378 e. The highest BCUT2D eigenvalue weighted by Crippen LogP contribution is 2.43. The average molecular weight is 413 g/mol. The van der Waals surface area contributed by atoms with Crippen molar-refractivity contribution < 1.29 is 9.47 Å². The molecule has 1 saturated heterocycles. The number of aromatic nitrogens is 5. The van der Waals surface area contributed by atoms with Crippen LogP contribution >= 0.6 is 0 Å². The Hall–Kier alpha value is -2.06. The van der Waals surface area contributed by atoms with Crippen LogP contribution in [0.2, 0.25) is 0 Å². The molecule has 8 heteroatoms. The van der Waals surface area contributed by atoms with Gasteiger partial charge in [-0.05, 0) is 55.4 Å². The van der Waals surface area contributed by atoms with Gasteiger partial charge in [-0.15, -0.1) is 5.10 Å². The average Bonchev–Trinajstić information content (AvgIpc) is 3.33. The number of hydrogen-bond donors (Lipinski definition) is 0. The third-order valence-electron chi connectivity index (χ3n) is 6.90. The molecule has 0 unspecified atom stereocenters. The van der Waals surface area contributed by atoms with Crippen LogP contribution in [0.4, 0.5) is 5.95 Å². The molecule has 1 aliphatic heterocycles. The van der Waals surface area contributed by atoms with E-state index in [0.717, 1.165) is 56.5 Å². The van der Waals surface area contributed by atoms with E-state index in [4.69, 9.17) is 9.47 Å². The number of rotatable bonds is 8. The van der Waals surface area contributed by atoms with Gasteiger partial charge in [-0.1, -0.05) is 12.1 Å². The lowest BCUT2D eigenvalue weighted by molar-refractivity contribution is -0.0375. The van der Waals surface area contributed by atoms with E-state index in [1.54, 1.807) is 7.11 Å². The van der Waals surface area contributed by atoms with E-state index >= 15 is 0 Å². The molecule has 4 atom stereocenters. The minimum absolute atomic E-state index is 0.187. The summed E-state index contributed by atoms with van der Waals surface area (Å²) in [5, 5.41) is 8.72. The maximum Gasteiger partial charge on any atom is 0.225 e. The Bertz CT molecular complexity index is 836. The predicted molar refractivity (Wildman–Crippen MR) is 112 cm³/mol. The van der Waals surface area contributed by atoms with Gasteiger partial charge >= 0.3 is 0 Å². The van der Waals surface area contributed by atoms with E-state index < -0.39 is 0 Å². The van der Waals surface area contributed by atoms with Crippen molar-refractivity contribution in [1.82, 2.24) is 25.0 Å². The first kappa shape index (κ1) is 19.9. The minimum atomic E-state index is 0.187. The summed E-state index contributed by atoms with van der Waals surface area (Å²) in [4.78, 5) is 11.6. The van der Waals surface area contributed by atoms with E-state index in [1.807, 2.05) is 23.3 Å². The molecule has 2 aliphatic carbocycles. The molecule has 3 aliphatic rings. The van der Waals surface area contributed by atoms with Gasteiger partial charge in [0.2, 0.25) is 5.95 Å². The van der Waals surface area contributed by atoms with Gasteiger partial charge in [0.1, 0.15) is 5.69 Å². The van der Waals surface area contributed by atoms with Crippen molar-refractivity contribution in [3.8, 4) is 0 Å². The van der Waals surface area contributed by atoms with Gasteiger partial charge in [-0.3, -0.25) is 0 Å². The van der Waals surface area contributed by atoms with Crippen molar-refractivity contribution in [1.29, 1.82) is 0 Å². The molecule has 0 N–H and O–H groups in total. The van der Waals surface area contributed by atoms with Crippen LogP contribution in [0.5, 0.6) is 0 Å². The molecular weight excluding hydrogens is 380 g/mol. The molecule has 2 aromatic heterocycles. The van der Waals surface area contributed by atoms with E-state index in [1.165, 1.54) is 18.4 Å². The fourth-order valence-electron chi connectivity index (χ4n) is 4.94. The quantitative estimate of drug-likeness (QED) is 0.659. The number of methoxy groups -OCH3 is 1. The minimum Gasteiger partial charge on any atom is -0.378 e. The molecule has 2 aromatic rings. The molecule has 0 radical (unpaired) electrons. The zero-order valence-electron chi connectivity index (χ0n) is 18.0. The molecule has 8 nitrogen and oxygen atoms in total. The monoisotopic (exact) mass is 412 g/mol. The summed E-state index contributed by atoms with van der Waals surface area (Å²) >= 11 is 0. The van der Waals surface area contributed by atoms with Gasteiger partial charge in [0, 0.05) is 39.2 Å². The number of ether oxygens (including phenoxy) is 2. The van der Waals surface area contributed by atoms with Crippen LogP contribution in [-0.4, -0.2) is 57.9 Å². The molecule has 3 heterocycles. The fraction of sp³-hybridized carbons (Fsp3) is 0.727. The molecular formula is C22H32N6O2.